The number of aromatic hydroxyl groups is 1. The molecule has 1 aliphatic heterocycles. The first-order valence-corrected chi connectivity index (χ1v) is 7.33. The highest BCUT2D eigenvalue weighted by Gasteiger charge is 2.23. The number of rotatable bonds is 2. The molecule has 0 unspecified atom stereocenters. The molecule has 116 valence electrons. The zero-order valence-corrected chi connectivity index (χ0v) is 12.5. The molecule has 3 aromatic rings. The van der Waals surface area contributed by atoms with Gasteiger partial charge in [0, 0.05) is 12.1 Å². The minimum atomic E-state index is -0.0977. The summed E-state index contributed by atoms with van der Waals surface area (Å²) in [5, 5.41) is 16.7. The Balaban J connectivity index is 1.93. The number of carbonyl (C=O) groups excluding carboxylic acids is 1. The molecule has 0 saturated heterocycles. The average Bonchev–Trinajstić information content (AvgIpc) is 2.97. The molecule has 4 rings (SSSR count). The minimum Gasteiger partial charge on any atom is -0.506 e. The molecular formula is C17H15N3O3. The van der Waals surface area contributed by atoms with Crippen LogP contribution in [-0.2, 0) is 6.42 Å². The van der Waals surface area contributed by atoms with Crippen molar-refractivity contribution in [2.75, 3.05) is 13.7 Å². The third-order valence-corrected chi connectivity index (χ3v) is 4.12. The first-order chi connectivity index (χ1) is 11.2. The number of pyridine rings is 1. The Morgan fingerprint density at radius 2 is 2.22 bits per heavy atom. The topological polar surface area (TPSA) is 75.9 Å². The van der Waals surface area contributed by atoms with Crippen LogP contribution in [-0.4, -0.2) is 34.3 Å². The smallest absolute Gasteiger partial charge is 0.255 e. The van der Waals surface area contributed by atoms with Crippen LogP contribution in [0, 0.1) is 0 Å². The van der Waals surface area contributed by atoms with Gasteiger partial charge >= 0.3 is 0 Å². The fourth-order valence-electron chi connectivity index (χ4n) is 3.04. The summed E-state index contributed by atoms with van der Waals surface area (Å²) >= 11 is 0. The molecule has 0 radical (unpaired) electrons. The zero-order valence-electron chi connectivity index (χ0n) is 12.5. The Bertz CT molecular complexity index is 913. The van der Waals surface area contributed by atoms with Crippen molar-refractivity contribution in [2.45, 2.75) is 6.42 Å². The van der Waals surface area contributed by atoms with Crippen molar-refractivity contribution in [3.05, 3.63) is 47.8 Å². The van der Waals surface area contributed by atoms with Crippen molar-refractivity contribution in [2.24, 2.45) is 0 Å². The molecule has 0 saturated carbocycles. The molecule has 6 heteroatoms. The highest BCUT2D eigenvalue weighted by Crippen LogP contribution is 2.34. The Hall–Kier alpha value is -3.02. The molecule has 0 atom stereocenters. The van der Waals surface area contributed by atoms with Crippen LogP contribution in [0.5, 0.6) is 11.5 Å². The van der Waals surface area contributed by atoms with Crippen LogP contribution in [0.1, 0.15) is 15.9 Å². The molecule has 1 aromatic carbocycles. The van der Waals surface area contributed by atoms with Crippen LogP contribution >= 0.6 is 0 Å². The molecule has 0 bridgehead atoms. The summed E-state index contributed by atoms with van der Waals surface area (Å²) in [5.74, 6) is 0.624. The second-order valence-corrected chi connectivity index (χ2v) is 5.49. The third kappa shape index (κ3) is 2.11. The summed E-state index contributed by atoms with van der Waals surface area (Å²) in [4.78, 5) is 12.1. The Kier molecular flexibility index (Phi) is 2.97. The van der Waals surface area contributed by atoms with E-state index in [0.29, 0.717) is 17.9 Å². The highest BCUT2D eigenvalue weighted by molar-refractivity contribution is 6.00. The fourth-order valence-corrected chi connectivity index (χ4v) is 3.04. The lowest BCUT2D eigenvalue weighted by atomic mass is 9.94. The van der Waals surface area contributed by atoms with E-state index in [0.717, 1.165) is 28.6 Å². The molecule has 3 heterocycles. The lowest BCUT2D eigenvalue weighted by Crippen LogP contribution is -2.32. The van der Waals surface area contributed by atoms with E-state index in [1.807, 2.05) is 18.2 Å². The number of fused-ring (bicyclic) bond motifs is 2. The zero-order chi connectivity index (χ0) is 16.0. The van der Waals surface area contributed by atoms with E-state index in [9.17, 15) is 9.90 Å². The lowest BCUT2D eigenvalue weighted by molar-refractivity contribution is 0.0942. The number of aromatic nitrogens is 2. The molecule has 0 aliphatic carbocycles. The number of nitrogens with one attached hydrogen (secondary N) is 1. The van der Waals surface area contributed by atoms with Gasteiger partial charge in [0.1, 0.15) is 11.5 Å². The van der Waals surface area contributed by atoms with E-state index in [1.54, 1.807) is 30.1 Å². The molecule has 0 fully saturated rings. The van der Waals surface area contributed by atoms with Gasteiger partial charge in [-0.1, -0.05) is 0 Å². The second-order valence-electron chi connectivity index (χ2n) is 5.49. The average molecular weight is 309 g/mol. The van der Waals surface area contributed by atoms with Gasteiger partial charge in [-0.15, -0.1) is 0 Å². The van der Waals surface area contributed by atoms with Crippen LogP contribution in [0.4, 0.5) is 0 Å². The van der Waals surface area contributed by atoms with Gasteiger partial charge in [-0.2, -0.15) is 5.10 Å². The summed E-state index contributed by atoms with van der Waals surface area (Å²) in [7, 11) is 1.56. The molecule has 1 amide bonds. The Morgan fingerprint density at radius 3 is 3.04 bits per heavy atom. The lowest BCUT2D eigenvalue weighted by Gasteiger charge is -2.20. The number of hydrogen-bond donors (Lipinski definition) is 2. The van der Waals surface area contributed by atoms with Gasteiger partial charge in [0.2, 0.25) is 0 Å². The van der Waals surface area contributed by atoms with E-state index >= 15 is 0 Å². The van der Waals surface area contributed by atoms with Gasteiger partial charge in [0.05, 0.1) is 30.6 Å². The molecule has 1 aliphatic rings. The Morgan fingerprint density at radius 1 is 1.35 bits per heavy atom. The molecule has 0 spiro atoms. The number of amides is 1. The summed E-state index contributed by atoms with van der Waals surface area (Å²) in [6.45, 7) is 0.626. The quantitative estimate of drug-likeness (QED) is 0.759. The Labute approximate surface area is 132 Å². The summed E-state index contributed by atoms with van der Waals surface area (Å²) in [6, 6.07) is 7.31. The van der Waals surface area contributed by atoms with Gasteiger partial charge in [-0.25, -0.2) is 4.52 Å². The second kappa shape index (κ2) is 5.01. The normalized spacial score (nSPS) is 13.7. The third-order valence-electron chi connectivity index (χ3n) is 4.12. The number of hydrogen-bond acceptors (Lipinski definition) is 4. The number of benzene rings is 1. The van der Waals surface area contributed by atoms with E-state index in [2.05, 4.69) is 10.4 Å². The van der Waals surface area contributed by atoms with E-state index < -0.39 is 0 Å². The maximum atomic E-state index is 12.1. The first-order valence-electron chi connectivity index (χ1n) is 7.33. The van der Waals surface area contributed by atoms with Crippen molar-refractivity contribution >= 4 is 11.4 Å². The molecular weight excluding hydrogens is 294 g/mol. The van der Waals surface area contributed by atoms with Crippen LogP contribution < -0.4 is 10.1 Å². The summed E-state index contributed by atoms with van der Waals surface area (Å²) < 4.78 is 7.05. The van der Waals surface area contributed by atoms with Gasteiger partial charge in [0.15, 0.2) is 0 Å². The van der Waals surface area contributed by atoms with Crippen LogP contribution in [0.2, 0.25) is 0 Å². The van der Waals surface area contributed by atoms with Gasteiger partial charge in [-0.3, -0.25) is 4.79 Å². The monoisotopic (exact) mass is 309 g/mol. The first kappa shape index (κ1) is 13.6. The number of nitrogens with zero attached hydrogens (tertiary/aromatic N) is 2. The van der Waals surface area contributed by atoms with Gasteiger partial charge in [0.25, 0.3) is 5.91 Å². The van der Waals surface area contributed by atoms with Crippen molar-refractivity contribution in [3.8, 4) is 22.6 Å². The van der Waals surface area contributed by atoms with Crippen LogP contribution in [0.3, 0.4) is 0 Å². The number of carbonyl (C=O) groups is 1. The fraction of sp³-hybridized carbons (Fsp3) is 0.176. The number of methoxy groups -OCH3 is 1. The van der Waals surface area contributed by atoms with Crippen molar-refractivity contribution in [3.63, 3.8) is 0 Å². The molecule has 2 N–H and O–H groups in total. The number of ether oxygens (including phenoxy) is 1. The van der Waals surface area contributed by atoms with E-state index in [-0.39, 0.29) is 11.7 Å². The highest BCUT2D eigenvalue weighted by atomic mass is 16.5. The van der Waals surface area contributed by atoms with Crippen molar-refractivity contribution in [1.82, 2.24) is 14.9 Å². The van der Waals surface area contributed by atoms with Crippen LogP contribution in [0.15, 0.2) is 36.7 Å². The molecule has 2 aromatic heterocycles. The van der Waals surface area contributed by atoms with Crippen molar-refractivity contribution < 1.29 is 14.6 Å². The SMILES string of the molecule is COc1cc(-c2cnn3cc(O)ccc23)cc2c1C(=O)NCC2. The van der Waals surface area contributed by atoms with Crippen molar-refractivity contribution in [1.29, 1.82) is 0 Å². The standard InChI is InChI=1S/C17H15N3O3/c1-23-15-7-11(6-10-4-5-18-17(22)16(10)15)13-8-19-20-9-12(21)2-3-14(13)20/h2-3,6-9,21H,4-5H2,1H3,(H,18,22). The van der Waals surface area contributed by atoms with Crippen LogP contribution in [0.25, 0.3) is 16.6 Å². The molecule has 6 nitrogen and oxygen atoms in total. The van der Waals surface area contributed by atoms with Gasteiger partial charge in [-0.05, 0) is 41.8 Å². The minimum absolute atomic E-state index is 0.0977. The summed E-state index contributed by atoms with van der Waals surface area (Å²) in [5.41, 5.74) is 4.33. The van der Waals surface area contributed by atoms with E-state index in [4.69, 9.17) is 4.74 Å². The predicted molar refractivity (Wildman–Crippen MR) is 84.9 cm³/mol. The summed E-state index contributed by atoms with van der Waals surface area (Å²) in [6.07, 6.45) is 4.08. The van der Waals surface area contributed by atoms with E-state index in [1.165, 1.54) is 0 Å². The predicted octanol–water partition coefficient (Wildman–Crippen LogP) is 2.00. The molecule has 23 heavy (non-hydrogen) atoms. The largest absolute Gasteiger partial charge is 0.506 e. The maximum absolute atomic E-state index is 12.1. The maximum Gasteiger partial charge on any atom is 0.255 e. The van der Waals surface area contributed by atoms with Gasteiger partial charge < -0.3 is 15.2 Å².